The van der Waals surface area contributed by atoms with Crippen LogP contribution < -0.4 is 5.73 Å². The molecule has 2 rings (SSSR count). The molecule has 1 fully saturated rings. The van der Waals surface area contributed by atoms with Gasteiger partial charge in [0.1, 0.15) is 0 Å². The first-order chi connectivity index (χ1) is 8.97. The van der Waals surface area contributed by atoms with Crippen LogP contribution in [-0.2, 0) is 0 Å². The highest BCUT2D eigenvalue weighted by Crippen LogP contribution is 2.33. The highest BCUT2D eigenvalue weighted by Gasteiger charge is 2.30. The molecule has 0 aromatic heterocycles. The maximum atomic E-state index is 6.35. The molecule has 4 heteroatoms. The number of hydrogen-bond donors (Lipinski definition) is 1. The lowest BCUT2D eigenvalue weighted by Crippen LogP contribution is -2.47. The number of rotatable bonds is 3. The second-order valence-electron chi connectivity index (χ2n) is 5.84. The van der Waals surface area contributed by atoms with E-state index in [1.54, 1.807) is 6.07 Å². The van der Waals surface area contributed by atoms with E-state index in [-0.39, 0.29) is 12.1 Å². The summed E-state index contributed by atoms with van der Waals surface area (Å²) in [6.45, 7) is 6.63. The van der Waals surface area contributed by atoms with Gasteiger partial charge in [-0.3, -0.25) is 4.90 Å². The Kier molecular flexibility index (Phi) is 5.13. The summed E-state index contributed by atoms with van der Waals surface area (Å²) in [6.07, 6.45) is 2.22. The molecule has 19 heavy (non-hydrogen) atoms. The minimum atomic E-state index is 0.155. The van der Waals surface area contributed by atoms with Gasteiger partial charge in [0.2, 0.25) is 0 Å². The van der Waals surface area contributed by atoms with Crippen molar-refractivity contribution in [1.82, 2.24) is 4.90 Å². The number of benzene rings is 1. The standard InChI is InChI=1S/C15H22Cl2N2/c1-10(2)9-19-5-3-4-14(18)15(19)11-6-12(16)8-13(17)7-11/h6-8,10,14-15H,3-5,9,18H2,1-2H3. The van der Waals surface area contributed by atoms with E-state index in [2.05, 4.69) is 18.7 Å². The molecule has 2 unspecified atom stereocenters. The Labute approximate surface area is 125 Å². The Morgan fingerprint density at radius 2 is 1.89 bits per heavy atom. The van der Waals surface area contributed by atoms with Crippen LogP contribution in [0.25, 0.3) is 0 Å². The van der Waals surface area contributed by atoms with E-state index in [9.17, 15) is 0 Å². The maximum Gasteiger partial charge on any atom is 0.0500 e. The average molecular weight is 301 g/mol. The van der Waals surface area contributed by atoms with Crippen molar-refractivity contribution in [3.63, 3.8) is 0 Å². The lowest BCUT2D eigenvalue weighted by atomic mass is 9.90. The lowest BCUT2D eigenvalue weighted by Gasteiger charge is -2.41. The first kappa shape index (κ1) is 15.1. The summed E-state index contributed by atoms with van der Waals surface area (Å²) >= 11 is 12.3. The Bertz CT molecular complexity index is 414. The molecule has 0 aliphatic carbocycles. The van der Waals surface area contributed by atoms with E-state index in [0.29, 0.717) is 16.0 Å². The van der Waals surface area contributed by atoms with E-state index in [1.807, 2.05) is 12.1 Å². The predicted molar refractivity (Wildman–Crippen MR) is 82.8 cm³/mol. The Morgan fingerprint density at radius 3 is 2.47 bits per heavy atom. The van der Waals surface area contributed by atoms with Crippen molar-refractivity contribution in [2.75, 3.05) is 13.1 Å². The first-order valence-electron chi connectivity index (χ1n) is 6.93. The smallest absolute Gasteiger partial charge is 0.0500 e. The third kappa shape index (κ3) is 3.85. The van der Waals surface area contributed by atoms with Crippen LogP contribution in [-0.4, -0.2) is 24.0 Å². The number of piperidine rings is 1. The molecule has 2 nitrogen and oxygen atoms in total. The fourth-order valence-electron chi connectivity index (χ4n) is 2.98. The lowest BCUT2D eigenvalue weighted by molar-refractivity contribution is 0.114. The van der Waals surface area contributed by atoms with Crippen LogP contribution in [0.15, 0.2) is 18.2 Å². The normalized spacial score (nSPS) is 24.9. The monoisotopic (exact) mass is 300 g/mol. The number of halogens is 2. The van der Waals surface area contributed by atoms with Crippen LogP contribution >= 0.6 is 23.2 Å². The van der Waals surface area contributed by atoms with Gasteiger partial charge in [-0.2, -0.15) is 0 Å². The molecular weight excluding hydrogens is 279 g/mol. The van der Waals surface area contributed by atoms with E-state index in [1.165, 1.54) is 6.42 Å². The number of likely N-dealkylation sites (tertiary alicyclic amines) is 1. The van der Waals surface area contributed by atoms with Gasteiger partial charge in [-0.25, -0.2) is 0 Å². The van der Waals surface area contributed by atoms with Crippen LogP contribution in [0.5, 0.6) is 0 Å². The number of hydrogen-bond acceptors (Lipinski definition) is 2. The third-order valence-corrected chi connectivity index (χ3v) is 4.04. The Morgan fingerprint density at radius 1 is 1.26 bits per heavy atom. The van der Waals surface area contributed by atoms with E-state index in [4.69, 9.17) is 28.9 Å². The zero-order chi connectivity index (χ0) is 14.0. The van der Waals surface area contributed by atoms with Crippen LogP contribution in [0, 0.1) is 5.92 Å². The fourth-order valence-corrected chi connectivity index (χ4v) is 3.52. The summed E-state index contributed by atoms with van der Waals surface area (Å²) in [5.41, 5.74) is 7.49. The van der Waals surface area contributed by atoms with Gasteiger partial charge in [0.25, 0.3) is 0 Å². The molecule has 1 saturated heterocycles. The summed E-state index contributed by atoms with van der Waals surface area (Å²) in [6, 6.07) is 6.15. The molecule has 1 heterocycles. The highest BCUT2D eigenvalue weighted by atomic mass is 35.5. The van der Waals surface area contributed by atoms with Gasteiger partial charge in [-0.05, 0) is 49.1 Å². The molecule has 2 atom stereocenters. The van der Waals surface area contributed by atoms with Crippen LogP contribution in [0.3, 0.4) is 0 Å². The molecule has 1 aliphatic heterocycles. The molecule has 0 bridgehead atoms. The molecule has 106 valence electrons. The number of nitrogens with two attached hydrogens (primary N) is 1. The molecular formula is C15H22Cl2N2. The summed E-state index contributed by atoms with van der Waals surface area (Å²) in [7, 11) is 0. The second kappa shape index (κ2) is 6.45. The van der Waals surface area contributed by atoms with Crippen molar-refractivity contribution in [3.05, 3.63) is 33.8 Å². The molecule has 1 aromatic rings. The minimum Gasteiger partial charge on any atom is -0.326 e. The van der Waals surface area contributed by atoms with Crippen molar-refractivity contribution in [1.29, 1.82) is 0 Å². The van der Waals surface area contributed by atoms with Crippen LogP contribution in [0.2, 0.25) is 10.0 Å². The molecule has 0 radical (unpaired) electrons. The maximum absolute atomic E-state index is 6.35. The second-order valence-corrected chi connectivity index (χ2v) is 6.72. The van der Waals surface area contributed by atoms with Gasteiger partial charge in [0, 0.05) is 28.7 Å². The molecule has 1 aromatic carbocycles. The van der Waals surface area contributed by atoms with Gasteiger partial charge in [-0.1, -0.05) is 37.0 Å². The van der Waals surface area contributed by atoms with Gasteiger partial charge >= 0.3 is 0 Å². The van der Waals surface area contributed by atoms with Gasteiger partial charge in [0.15, 0.2) is 0 Å². The molecule has 1 aliphatic rings. The summed E-state index contributed by atoms with van der Waals surface area (Å²) < 4.78 is 0. The van der Waals surface area contributed by atoms with Crippen molar-refractivity contribution >= 4 is 23.2 Å². The first-order valence-corrected chi connectivity index (χ1v) is 7.68. The zero-order valence-electron chi connectivity index (χ0n) is 11.6. The topological polar surface area (TPSA) is 29.3 Å². The molecule has 0 amide bonds. The Balaban J connectivity index is 2.30. The van der Waals surface area contributed by atoms with Crippen LogP contribution in [0.4, 0.5) is 0 Å². The number of nitrogens with zero attached hydrogens (tertiary/aromatic N) is 1. The van der Waals surface area contributed by atoms with Gasteiger partial charge in [0.05, 0.1) is 0 Å². The minimum absolute atomic E-state index is 0.155. The third-order valence-electron chi connectivity index (χ3n) is 3.61. The summed E-state index contributed by atoms with van der Waals surface area (Å²) in [4.78, 5) is 2.47. The van der Waals surface area contributed by atoms with Crippen molar-refractivity contribution in [3.8, 4) is 0 Å². The van der Waals surface area contributed by atoms with Crippen molar-refractivity contribution in [2.24, 2.45) is 11.7 Å². The predicted octanol–water partition coefficient (Wildman–Crippen LogP) is 4.11. The van der Waals surface area contributed by atoms with E-state index < -0.39 is 0 Å². The van der Waals surface area contributed by atoms with Crippen molar-refractivity contribution in [2.45, 2.75) is 38.8 Å². The van der Waals surface area contributed by atoms with E-state index in [0.717, 1.165) is 25.1 Å². The fraction of sp³-hybridized carbons (Fsp3) is 0.600. The van der Waals surface area contributed by atoms with Gasteiger partial charge < -0.3 is 5.73 Å². The van der Waals surface area contributed by atoms with Crippen LogP contribution in [0.1, 0.15) is 38.3 Å². The molecule has 0 spiro atoms. The summed E-state index contributed by atoms with van der Waals surface area (Å²) in [5.74, 6) is 0.627. The van der Waals surface area contributed by atoms with Crippen molar-refractivity contribution < 1.29 is 0 Å². The SMILES string of the molecule is CC(C)CN1CCCC(N)C1c1cc(Cl)cc(Cl)c1. The zero-order valence-corrected chi connectivity index (χ0v) is 13.1. The molecule has 2 N–H and O–H groups in total. The van der Waals surface area contributed by atoms with E-state index >= 15 is 0 Å². The Hall–Kier alpha value is -0.280. The average Bonchev–Trinajstić information content (AvgIpc) is 2.26. The quantitative estimate of drug-likeness (QED) is 0.910. The van der Waals surface area contributed by atoms with Gasteiger partial charge in [-0.15, -0.1) is 0 Å². The largest absolute Gasteiger partial charge is 0.326 e. The molecule has 0 saturated carbocycles. The highest BCUT2D eigenvalue weighted by molar-refractivity contribution is 6.34. The summed E-state index contributed by atoms with van der Waals surface area (Å²) in [5, 5.41) is 1.37.